The number of benzene rings is 2. The molecule has 8 heteroatoms. The van der Waals surface area contributed by atoms with Gasteiger partial charge in [0.25, 0.3) is 5.69 Å². The third-order valence-corrected chi connectivity index (χ3v) is 6.18. The molecule has 0 radical (unpaired) electrons. The van der Waals surface area contributed by atoms with Gasteiger partial charge in [-0.15, -0.1) is 0 Å². The highest BCUT2D eigenvalue weighted by Crippen LogP contribution is 2.33. The molecule has 1 amide bonds. The van der Waals surface area contributed by atoms with Crippen LogP contribution in [0.4, 0.5) is 16.2 Å². The maximum atomic E-state index is 12.5. The van der Waals surface area contributed by atoms with Crippen molar-refractivity contribution in [1.82, 2.24) is 0 Å². The molecule has 0 saturated carbocycles. The van der Waals surface area contributed by atoms with Crippen molar-refractivity contribution in [2.45, 2.75) is 72.6 Å². The molecule has 0 aliphatic carbocycles. The number of allylic oxidation sites excluding steroid dienone is 4. The molecule has 2 aromatic carbocycles. The zero-order valence-corrected chi connectivity index (χ0v) is 23.2. The van der Waals surface area contributed by atoms with Crippen LogP contribution < -0.4 is 9.64 Å². The molecular formula is C30H40N2O6. The number of ether oxygens (including phenoxy) is 2. The molecule has 0 aromatic heterocycles. The van der Waals surface area contributed by atoms with Crippen molar-refractivity contribution in [2.75, 3.05) is 18.7 Å². The predicted molar refractivity (Wildman–Crippen MR) is 151 cm³/mol. The standard InChI is InChI=1S/C30H40N2O6/c1-6-7-8-12-24-19-28(33)27(18-13-23(4)11-9-10-22(2)3)29(20-24)38-21-31(30(34)37-5)25-14-16-26(17-15-25)32(35)36/h10,13-17,19-20,33H,6-9,11-12,18,21H2,1-5H3/b23-13+. The maximum Gasteiger partial charge on any atom is 0.416 e. The minimum atomic E-state index is -0.668. The van der Waals surface area contributed by atoms with Gasteiger partial charge in [-0.3, -0.25) is 10.1 Å². The van der Waals surface area contributed by atoms with E-state index < -0.39 is 11.0 Å². The van der Waals surface area contributed by atoms with Gasteiger partial charge in [-0.2, -0.15) is 0 Å². The molecule has 206 valence electrons. The number of carbonyl (C=O) groups is 1. The van der Waals surface area contributed by atoms with E-state index in [-0.39, 0.29) is 18.2 Å². The van der Waals surface area contributed by atoms with Gasteiger partial charge in [-0.1, -0.05) is 43.1 Å². The van der Waals surface area contributed by atoms with E-state index in [0.717, 1.165) is 44.1 Å². The highest BCUT2D eigenvalue weighted by atomic mass is 16.6. The SMILES string of the molecule is CCCCCc1cc(O)c(C/C=C(\C)CCC=C(C)C)c(OCN(C(=O)OC)c2ccc([N+](=O)[O-])cc2)c1. The number of aryl methyl sites for hydroxylation is 1. The fourth-order valence-electron chi connectivity index (χ4n) is 3.94. The third-order valence-electron chi connectivity index (χ3n) is 6.18. The van der Waals surface area contributed by atoms with Crippen molar-refractivity contribution < 1.29 is 24.3 Å². The van der Waals surface area contributed by atoms with Gasteiger partial charge in [0, 0.05) is 17.7 Å². The van der Waals surface area contributed by atoms with E-state index in [1.165, 1.54) is 47.4 Å². The quantitative estimate of drug-likeness (QED) is 0.0886. The number of amides is 1. The van der Waals surface area contributed by atoms with Gasteiger partial charge < -0.3 is 14.6 Å². The lowest BCUT2D eigenvalue weighted by Gasteiger charge is -2.23. The molecule has 0 spiro atoms. The molecule has 0 fully saturated rings. The summed E-state index contributed by atoms with van der Waals surface area (Å²) in [5.74, 6) is 0.642. The minimum Gasteiger partial charge on any atom is -0.508 e. The number of unbranched alkanes of at least 4 members (excludes halogenated alkanes) is 2. The summed E-state index contributed by atoms with van der Waals surface area (Å²) in [6, 6.07) is 9.29. The van der Waals surface area contributed by atoms with Gasteiger partial charge in [0.2, 0.25) is 0 Å². The molecule has 0 aliphatic heterocycles. The molecule has 0 unspecified atom stereocenters. The van der Waals surface area contributed by atoms with E-state index in [1.807, 2.05) is 6.07 Å². The van der Waals surface area contributed by atoms with Gasteiger partial charge in [0.05, 0.1) is 17.7 Å². The molecule has 1 N–H and O–H groups in total. The Morgan fingerprint density at radius 2 is 1.82 bits per heavy atom. The molecule has 2 aromatic rings. The summed E-state index contributed by atoms with van der Waals surface area (Å²) in [5.41, 5.74) is 4.40. The Morgan fingerprint density at radius 3 is 2.42 bits per heavy atom. The molecule has 38 heavy (non-hydrogen) atoms. The van der Waals surface area contributed by atoms with Crippen LogP contribution in [0.3, 0.4) is 0 Å². The van der Waals surface area contributed by atoms with Crippen LogP contribution in [0.25, 0.3) is 0 Å². The number of nitrogens with zero attached hydrogens (tertiary/aromatic N) is 2. The van der Waals surface area contributed by atoms with E-state index in [0.29, 0.717) is 23.4 Å². The van der Waals surface area contributed by atoms with Crippen molar-refractivity contribution in [1.29, 1.82) is 0 Å². The lowest BCUT2D eigenvalue weighted by molar-refractivity contribution is -0.384. The minimum absolute atomic E-state index is 0.0850. The van der Waals surface area contributed by atoms with Gasteiger partial charge in [0.15, 0.2) is 6.73 Å². The smallest absolute Gasteiger partial charge is 0.416 e. The topological polar surface area (TPSA) is 102 Å². The molecule has 2 rings (SSSR count). The number of methoxy groups -OCH3 is 1. The zero-order chi connectivity index (χ0) is 28.1. The van der Waals surface area contributed by atoms with Gasteiger partial charge in [-0.05, 0) is 82.7 Å². The van der Waals surface area contributed by atoms with Crippen LogP contribution >= 0.6 is 0 Å². The Morgan fingerprint density at radius 1 is 1.11 bits per heavy atom. The second-order valence-corrected chi connectivity index (χ2v) is 9.57. The first-order valence-corrected chi connectivity index (χ1v) is 13.0. The normalized spacial score (nSPS) is 11.1. The first kappa shape index (κ1) is 30.4. The second kappa shape index (κ2) is 15.4. The Kier molecular flexibility index (Phi) is 12.4. The van der Waals surface area contributed by atoms with Gasteiger partial charge in [0.1, 0.15) is 11.5 Å². The Hall–Kier alpha value is -3.81. The van der Waals surface area contributed by atoms with Crippen LogP contribution in [0.15, 0.2) is 59.7 Å². The zero-order valence-electron chi connectivity index (χ0n) is 23.2. The number of anilines is 1. The number of nitro benzene ring substituents is 1. The van der Waals surface area contributed by atoms with Crippen molar-refractivity contribution in [2.24, 2.45) is 0 Å². The summed E-state index contributed by atoms with van der Waals surface area (Å²) >= 11 is 0. The van der Waals surface area contributed by atoms with E-state index >= 15 is 0 Å². The van der Waals surface area contributed by atoms with E-state index in [1.54, 1.807) is 6.07 Å². The maximum absolute atomic E-state index is 12.5. The first-order chi connectivity index (χ1) is 18.2. The van der Waals surface area contributed by atoms with Gasteiger partial charge >= 0.3 is 6.09 Å². The molecule has 8 nitrogen and oxygen atoms in total. The summed E-state index contributed by atoms with van der Waals surface area (Å²) in [5, 5.41) is 21.9. The highest BCUT2D eigenvalue weighted by Gasteiger charge is 2.20. The Balaban J connectivity index is 2.33. The monoisotopic (exact) mass is 524 g/mol. The van der Waals surface area contributed by atoms with Crippen LogP contribution in [0.2, 0.25) is 0 Å². The number of rotatable bonds is 14. The number of hydrogen-bond donors (Lipinski definition) is 1. The van der Waals surface area contributed by atoms with E-state index in [9.17, 15) is 20.0 Å². The molecule has 0 heterocycles. The summed E-state index contributed by atoms with van der Waals surface area (Å²) in [4.78, 5) is 24.3. The average molecular weight is 525 g/mol. The summed E-state index contributed by atoms with van der Waals surface area (Å²) < 4.78 is 11.0. The molecule has 0 saturated heterocycles. The lowest BCUT2D eigenvalue weighted by Crippen LogP contribution is -2.34. The number of carbonyl (C=O) groups excluding carboxylic acids is 1. The molecule has 0 bridgehead atoms. The Labute approximate surface area is 225 Å². The summed E-state index contributed by atoms with van der Waals surface area (Å²) in [7, 11) is 1.26. The number of non-ortho nitro benzene ring substituents is 1. The van der Waals surface area contributed by atoms with Crippen molar-refractivity contribution in [3.05, 3.63) is 80.9 Å². The second-order valence-electron chi connectivity index (χ2n) is 9.57. The van der Waals surface area contributed by atoms with Crippen molar-refractivity contribution in [3.8, 4) is 11.5 Å². The average Bonchev–Trinajstić information content (AvgIpc) is 2.88. The predicted octanol–water partition coefficient (Wildman–Crippen LogP) is 7.88. The van der Waals surface area contributed by atoms with Crippen LogP contribution in [0.1, 0.15) is 70.9 Å². The van der Waals surface area contributed by atoms with Crippen LogP contribution in [0, 0.1) is 10.1 Å². The largest absolute Gasteiger partial charge is 0.508 e. The first-order valence-electron chi connectivity index (χ1n) is 13.0. The number of hydrogen-bond acceptors (Lipinski definition) is 6. The number of phenols is 1. The fourth-order valence-corrected chi connectivity index (χ4v) is 3.94. The summed E-state index contributed by atoms with van der Waals surface area (Å²) in [6.07, 6.45) is 9.96. The van der Waals surface area contributed by atoms with Crippen LogP contribution in [0.5, 0.6) is 11.5 Å². The van der Waals surface area contributed by atoms with Crippen LogP contribution in [-0.2, 0) is 17.6 Å². The summed E-state index contributed by atoms with van der Waals surface area (Å²) in [6.45, 7) is 8.18. The number of phenolic OH excluding ortho intramolecular Hbond substituents is 1. The Bertz CT molecular complexity index is 1130. The highest BCUT2D eigenvalue weighted by molar-refractivity contribution is 5.87. The number of nitro groups is 1. The van der Waals surface area contributed by atoms with E-state index in [2.05, 4.69) is 39.8 Å². The van der Waals surface area contributed by atoms with E-state index in [4.69, 9.17) is 9.47 Å². The molecule has 0 atom stereocenters. The third kappa shape index (κ3) is 9.57. The van der Waals surface area contributed by atoms with Crippen molar-refractivity contribution in [3.63, 3.8) is 0 Å². The molecule has 0 aliphatic rings. The fraction of sp³-hybridized carbons (Fsp3) is 0.433. The van der Waals surface area contributed by atoms with Crippen LogP contribution in [-0.4, -0.2) is 30.0 Å². The lowest BCUT2D eigenvalue weighted by atomic mass is 10.00. The van der Waals surface area contributed by atoms with Gasteiger partial charge in [-0.25, -0.2) is 9.69 Å². The molecular weight excluding hydrogens is 484 g/mol. The number of aromatic hydroxyl groups is 1. The van der Waals surface area contributed by atoms with Crippen molar-refractivity contribution >= 4 is 17.5 Å².